The van der Waals surface area contributed by atoms with E-state index in [1.54, 1.807) is 0 Å². The molecule has 0 spiro atoms. The smallest absolute Gasteiger partial charge is 0.0186 e. The molecule has 0 heterocycles. The normalized spacial score (nSPS) is 13.8. The Morgan fingerprint density at radius 3 is 2.12 bits per heavy atom. The van der Waals surface area contributed by atoms with Crippen LogP contribution in [-0.2, 0) is 11.8 Å². The quantitative estimate of drug-likeness (QED) is 0.675. The standard InChI is InChI=1S/C15H23Br/c1-5-6-14(16)11-12-7-9-13(10-8-12)15(2,3)4/h7-10,14H,5-6,11H2,1-4H3. The molecule has 1 rings (SSSR count). The average Bonchev–Trinajstić information content (AvgIpc) is 2.17. The zero-order valence-corrected chi connectivity index (χ0v) is 12.5. The van der Waals surface area contributed by atoms with Crippen LogP contribution in [0.5, 0.6) is 0 Å². The van der Waals surface area contributed by atoms with Crippen molar-refractivity contribution in [1.29, 1.82) is 0 Å². The van der Waals surface area contributed by atoms with Crippen molar-refractivity contribution < 1.29 is 0 Å². The van der Waals surface area contributed by atoms with E-state index < -0.39 is 0 Å². The monoisotopic (exact) mass is 282 g/mol. The molecule has 0 aliphatic rings. The third kappa shape index (κ3) is 4.29. The molecule has 0 N–H and O–H groups in total. The zero-order valence-electron chi connectivity index (χ0n) is 10.9. The first-order chi connectivity index (χ1) is 7.43. The van der Waals surface area contributed by atoms with Gasteiger partial charge < -0.3 is 0 Å². The number of hydrogen-bond donors (Lipinski definition) is 0. The highest BCUT2D eigenvalue weighted by Crippen LogP contribution is 2.23. The fourth-order valence-corrected chi connectivity index (χ4v) is 2.64. The molecule has 0 fully saturated rings. The van der Waals surface area contributed by atoms with Gasteiger partial charge in [-0.3, -0.25) is 0 Å². The molecule has 0 nitrogen and oxygen atoms in total. The summed E-state index contributed by atoms with van der Waals surface area (Å²) in [6.45, 7) is 9.00. The Morgan fingerprint density at radius 2 is 1.69 bits per heavy atom. The van der Waals surface area contributed by atoms with Crippen LogP contribution in [0.2, 0.25) is 0 Å². The lowest BCUT2D eigenvalue weighted by Gasteiger charge is -2.19. The summed E-state index contributed by atoms with van der Waals surface area (Å²) >= 11 is 3.73. The Balaban J connectivity index is 2.65. The maximum Gasteiger partial charge on any atom is 0.0186 e. The maximum atomic E-state index is 3.73. The number of rotatable bonds is 4. The van der Waals surface area contributed by atoms with Crippen LogP contribution in [0, 0.1) is 0 Å². The van der Waals surface area contributed by atoms with Crippen molar-refractivity contribution >= 4 is 15.9 Å². The van der Waals surface area contributed by atoms with E-state index in [2.05, 4.69) is 67.9 Å². The van der Waals surface area contributed by atoms with Gasteiger partial charge in [-0.25, -0.2) is 0 Å². The van der Waals surface area contributed by atoms with Crippen LogP contribution in [-0.4, -0.2) is 4.83 Å². The second kappa shape index (κ2) is 5.86. The van der Waals surface area contributed by atoms with Gasteiger partial charge in [-0.05, 0) is 29.4 Å². The number of benzene rings is 1. The minimum atomic E-state index is 0.260. The number of alkyl halides is 1. The maximum absolute atomic E-state index is 3.73. The lowest BCUT2D eigenvalue weighted by atomic mass is 9.86. The van der Waals surface area contributed by atoms with Gasteiger partial charge in [-0.2, -0.15) is 0 Å². The van der Waals surface area contributed by atoms with Crippen LogP contribution < -0.4 is 0 Å². The van der Waals surface area contributed by atoms with Crippen molar-refractivity contribution in [3.63, 3.8) is 0 Å². The summed E-state index contributed by atoms with van der Waals surface area (Å²) in [6.07, 6.45) is 3.63. The van der Waals surface area contributed by atoms with E-state index in [0.717, 1.165) is 6.42 Å². The predicted octanol–water partition coefficient (Wildman–Crippen LogP) is 5.09. The molecular formula is C15H23Br. The van der Waals surface area contributed by atoms with E-state index >= 15 is 0 Å². The molecule has 0 aromatic heterocycles. The molecular weight excluding hydrogens is 260 g/mol. The molecule has 0 saturated carbocycles. The largest absolute Gasteiger partial charge is 0.0887 e. The Bertz CT molecular complexity index is 305. The molecule has 0 amide bonds. The molecule has 1 aromatic carbocycles. The Morgan fingerprint density at radius 1 is 1.12 bits per heavy atom. The van der Waals surface area contributed by atoms with Gasteiger partial charge in [-0.1, -0.05) is 74.3 Å². The first-order valence-electron chi connectivity index (χ1n) is 6.17. The van der Waals surface area contributed by atoms with Gasteiger partial charge in [0.25, 0.3) is 0 Å². The third-order valence-corrected chi connectivity index (χ3v) is 3.66. The topological polar surface area (TPSA) is 0 Å². The highest BCUT2D eigenvalue weighted by atomic mass is 79.9. The summed E-state index contributed by atoms with van der Waals surface area (Å²) < 4.78 is 0. The molecule has 1 unspecified atom stereocenters. The second-order valence-corrected chi connectivity index (χ2v) is 6.83. The van der Waals surface area contributed by atoms with E-state index in [4.69, 9.17) is 0 Å². The van der Waals surface area contributed by atoms with Gasteiger partial charge in [0.1, 0.15) is 0 Å². The Kier molecular flexibility index (Phi) is 5.04. The molecule has 16 heavy (non-hydrogen) atoms. The van der Waals surface area contributed by atoms with Gasteiger partial charge in [0, 0.05) is 4.83 Å². The molecule has 0 radical (unpaired) electrons. The second-order valence-electron chi connectivity index (χ2n) is 5.54. The first kappa shape index (κ1) is 13.8. The van der Waals surface area contributed by atoms with Gasteiger partial charge in [0.15, 0.2) is 0 Å². The predicted molar refractivity (Wildman–Crippen MR) is 76.5 cm³/mol. The van der Waals surface area contributed by atoms with Gasteiger partial charge in [-0.15, -0.1) is 0 Å². The van der Waals surface area contributed by atoms with Crippen LogP contribution in [0.3, 0.4) is 0 Å². The van der Waals surface area contributed by atoms with E-state index in [9.17, 15) is 0 Å². The third-order valence-electron chi connectivity index (χ3n) is 2.88. The van der Waals surface area contributed by atoms with Crippen LogP contribution in [0.25, 0.3) is 0 Å². The molecule has 0 aliphatic heterocycles. The van der Waals surface area contributed by atoms with Crippen molar-refractivity contribution in [2.75, 3.05) is 0 Å². The zero-order chi connectivity index (χ0) is 12.2. The van der Waals surface area contributed by atoms with Crippen LogP contribution >= 0.6 is 15.9 Å². The van der Waals surface area contributed by atoms with Crippen LogP contribution in [0.1, 0.15) is 51.7 Å². The molecule has 1 aromatic rings. The molecule has 90 valence electrons. The van der Waals surface area contributed by atoms with E-state index in [0.29, 0.717) is 4.83 Å². The number of halogens is 1. The van der Waals surface area contributed by atoms with E-state index in [1.165, 1.54) is 24.0 Å². The lowest BCUT2D eigenvalue weighted by molar-refractivity contribution is 0.590. The van der Waals surface area contributed by atoms with Gasteiger partial charge in [0.05, 0.1) is 0 Å². The molecule has 1 heteroatoms. The van der Waals surface area contributed by atoms with Crippen molar-refractivity contribution in [3.05, 3.63) is 35.4 Å². The fraction of sp³-hybridized carbons (Fsp3) is 0.600. The molecule has 0 bridgehead atoms. The van der Waals surface area contributed by atoms with Crippen molar-refractivity contribution in [1.82, 2.24) is 0 Å². The summed E-state index contributed by atoms with van der Waals surface area (Å²) in [5, 5.41) is 0. The fourth-order valence-electron chi connectivity index (χ4n) is 1.81. The van der Waals surface area contributed by atoms with E-state index in [-0.39, 0.29) is 5.41 Å². The first-order valence-corrected chi connectivity index (χ1v) is 7.08. The minimum absolute atomic E-state index is 0.260. The van der Waals surface area contributed by atoms with E-state index in [1.807, 2.05) is 0 Å². The number of hydrogen-bond acceptors (Lipinski definition) is 0. The molecule has 0 saturated heterocycles. The minimum Gasteiger partial charge on any atom is -0.0887 e. The van der Waals surface area contributed by atoms with Gasteiger partial charge in [0.2, 0.25) is 0 Å². The summed E-state index contributed by atoms with van der Waals surface area (Å²) in [7, 11) is 0. The van der Waals surface area contributed by atoms with Crippen LogP contribution in [0.4, 0.5) is 0 Å². The summed E-state index contributed by atoms with van der Waals surface area (Å²) in [5.41, 5.74) is 3.11. The van der Waals surface area contributed by atoms with Crippen molar-refractivity contribution in [2.24, 2.45) is 0 Å². The van der Waals surface area contributed by atoms with Crippen molar-refractivity contribution in [2.45, 2.75) is 57.2 Å². The average molecular weight is 283 g/mol. The Hall–Kier alpha value is -0.300. The Labute approximate surface area is 109 Å². The SMILES string of the molecule is CCCC(Br)Cc1ccc(C(C)(C)C)cc1. The summed E-state index contributed by atoms with van der Waals surface area (Å²) in [5.74, 6) is 0. The molecule has 1 atom stereocenters. The summed E-state index contributed by atoms with van der Waals surface area (Å²) in [4.78, 5) is 0.623. The highest BCUT2D eigenvalue weighted by Gasteiger charge is 2.13. The molecule has 0 aliphatic carbocycles. The highest BCUT2D eigenvalue weighted by molar-refractivity contribution is 9.09. The summed E-state index contributed by atoms with van der Waals surface area (Å²) in [6, 6.07) is 9.07. The van der Waals surface area contributed by atoms with Crippen molar-refractivity contribution in [3.8, 4) is 0 Å². The van der Waals surface area contributed by atoms with Gasteiger partial charge >= 0.3 is 0 Å². The lowest BCUT2D eigenvalue weighted by Crippen LogP contribution is -2.11. The van der Waals surface area contributed by atoms with Crippen LogP contribution in [0.15, 0.2) is 24.3 Å².